The molecule has 2 aromatic rings. The van der Waals surface area contributed by atoms with Gasteiger partial charge in [-0.3, -0.25) is 4.79 Å². The standard InChI is InChI=1S/C18H19BrO/c19-18-8-4-7-16(13-18)6-3-1-2-5-15-9-11-17(14-20)12-10-15/h4,7-14H,1-3,5-6H2. The summed E-state index contributed by atoms with van der Waals surface area (Å²) in [6.45, 7) is 0. The molecule has 0 unspecified atom stereocenters. The topological polar surface area (TPSA) is 17.1 Å². The summed E-state index contributed by atoms with van der Waals surface area (Å²) < 4.78 is 1.16. The van der Waals surface area contributed by atoms with Crippen molar-refractivity contribution >= 4 is 22.2 Å². The lowest BCUT2D eigenvalue weighted by molar-refractivity contribution is 0.112. The van der Waals surface area contributed by atoms with Crippen molar-refractivity contribution < 1.29 is 4.79 Å². The van der Waals surface area contributed by atoms with Crippen molar-refractivity contribution in [1.82, 2.24) is 0 Å². The summed E-state index contributed by atoms with van der Waals surface area (Å²) in [7, 11) is 0. The number of aryl methyl sites for hydroxylation is 2. The Labute approximate surface area is 129 Å². The van der Waals surface area contributed by atoms with Crippen LogP contribution in [0.1, 0.15) is 40.7 Å². The smallest absolute Gasteiger partial charge is 0.150 e. The first-order valence-electron chi connectivity index (χ1n) is 7.06. The molecule has 0 N–H and O–H groups in total. The van der Waals surface area contributed by atoms with Gasteiger partial charge in [0.05, 0.1) is 0 Å². The highest BCUT2D eigenvalue weighted by Gasteiger charge is 1.97. The van der Waals surface area contributed by atoms with Gasteiger partial charge in [0.15, 0.2) is 0 Å². The van der Waals surface area contributed by atoms with Crippen LogP contribution < -0.4 is 0 Å². The van der Waals surface area contributed by atoms with Gasteiger partial charge in [-0.05, 0) is 48.9 Å². The monoisotopic (exact) mass is 330 g/mol. The Morgan fingerprint density at radius 1 is 0.850 bits per heavy atom. The van der Waals surface area contributed by atoms with Crippen LogP contribution in [0.4, 0.5) is 0 Å². The number of halogens is 1. The lowest BCUT2D eigenvalue weighted by Crippen LogP contribution is -1.89. The number of benzene rings is 2. The minimum atomic E-state index is 0.753. The molecule has 0 aliphatic heterocycles. The van der Waals surface area contributed by atoms with E-state index in [0.717, 1.165) is 29.2 Å². The van der Waals surface area contributed by atoms with E-state index in [1.54, 1.807) is 0 Å². The Hall–Kier alpha value is -1.41. The Morgan fingerprint density at radius 3 is 2.20 bits per heavy atom. The maximum absolute atomic E-state index is 10.6. The SMILES string of the molecule is O=Cc1ccc(CCCCCc2cccc(Br)c2)cc1. The molecule has 0 spiro atoms. The molecule has 2 aromatic carbocycles. The van der Waals surface area contributed by atoms with Gasteiger partial charge in [-0.15, -0.1) is 0 Å². The second-order valence-electron chi connectivity index (χ2n) is 5.05. The molecule has 1 nitrogen and oxygen atoms in total. The zero-order valence-electron chi connectivity index (χ0n) is 11.5. The van der Waals surface area contributed by atoms with Gasteiger partial charge in [0.25, 0.3) is 0 Å². The Balaban J connectivity index is 1.67. The van der Waals surface area contributed by atoms with Crippen molar-refractivity contribution in [2.45, 2.75) is 32.1 Å². The summed E-state index contributed by atoms with van der Waals surface area (Å²) in [5.74, 6) is 0. The summed E-state index contributed by atoms with van der Waals surface area (Å²) >= 11 is 3.50. The summed E-state index contributed by atoms with van der Waals surface area (Å²) in [5.41, 5.74) is 3.47. The zero-order valence-corrected chi connectivity index (χ0v) is 13.1. The van der Waals surface area contributed by atoms with Crippen LogP contribution in [0.2, 0.25) is 0 Å². The fourth-order valence-electron chi connectivity index (χ4n) is 2.29. The van der Waals surface area contributed by atoms with Gasteiger partial charge < -0.3 is 0 Å². The molecule has 0 bridgehead atoms. The first-order valence-corrected chi connectivity index (χ1v) is 7.86. The molecule has 2 rings (SSSR count). The van der Waals surface area contributed by atoms with Crippen LogP contribution in [0.5, 0.6) is 0 Å². The third kappa shape index (κ3) is 4.93. The fourth-order valence-corrected chi connectivity index (χ4v) is 2.74. The molecule has 0 radical (unpaired) electrons. The van der Waals surface area contributed by atoms with Crippen LogP contribution in [0.25, 0.3) is 0 Å². The third-order valence-electron chi connectivity index (χ3n) is 3.44. The van der Waals surface area contributed by atoms with Crippen LogP contribution in [0, 0.1) is 0 Å². The van der Waals surface area contributed by atoms with E-state index < -0.39 is 0 Å². The third-order valence-corrected chi connectivity index (χ3v) is 3.93. The van der Waals surface area contributed by atoms with Crippen LogP contribution in [0.15, 0.2) is 53.0 Å². The Bertz CT molecular complexity index is 546. The van der Waals surface area contributed by atoms with Crippen molar-refractivity contribution in [2.75, 3.05) is 0 Å². The van der Waals surface area contributed by atoms with E-state index >= 15 is 0 Å². The van der Waals surface area contributed by atoms with Crippen molar-refractivity contribution in [1.29, 1.82) is 0 Å². The van der Waals surface area contributed by atoms with Crippen molar-refractivity contribution in [3.05, 3.63) is 69.7 Å². The molecule has 0 saturated carbocycles. The van der Waals surface area contributed by atoms with E-state index in [1.165, 1.54) is 30.4 Å². The van der Waals surface area contributed by atoms with Crippen LogP contribution in [0.3, 0.4) is 0 Å². The average molecular weight is 331 g/mol. The van der Waals surface area contributed by atoms with Gasteiger partial charge in [0.2, 0.25) is 0 Å². The average Bonchev–Trinajstić information content (AvgIpc) is 2.48. The summed E-state index contributed by atoms with van der Waals surface area (Å²) in [6.07, 6.45) is 6.79. The first kappa shape index (κ1) is 15.0. The molecule has 0 amide bonds. The van der Waals surface area contributed by atoms with E-state index in [2.05, 4.69) is 52.3 Å². The lowest BCUT2D eigenvalue weighted by Gasteiger charge is -2.04. The molecular formula is C18H19BrO. The van der Waals surface area contributed by atoms with Crippen LogP contribution >= 0.6 is 15.9 Å². The number of hydrogen-bond acceptors (Lipinski definition) is 1. The summed E-state index contributed by atoms with van der Waals surface area (Å²) in [6, 6.07) is 16.4. The first-order chi connectivity index (χ1) is 9.78. The quantitative estimate of drug-likeness (QED) is 0.502. The second-order valence-corrected chi connectivity index (χ2v) is 5.97. The van der Waals surface area contributed by atoms with Gasteiger partial charge in [-0.2, -0.15) is 0 Å². The van der Waals surface area contributed by atoms with Gasteiger partial charge in [0.1, 0.15) is 6.29 Å². The highest BCUT2D eigenvalue weighted by Crippen LogP contribution is 2.15. The number of aldehydes is 1. The molecule has 0 saturated heterocycles. The van der Waals surface area contributed by atoms with Crippen molar-refractivity contribution in [2.24, 2.45) is 0 Å². The number of rotatable bonds is 7. The second kappa shape index (κ2) is 8.01. The molecule has 0 heterocycles. The highest BCUT2D eigenvalue weighted by atomic mass is 79.9. The number of hydrogen-bond donors (Lipinski definition) is 0. The van der Waals surface area contributed by atoms with Crippen molar-refractivity contribution in [3.63, 3.8) is 0 Å². The van der Waals surface area contributed by atoms with E-state index in [9.17, 15) is 4.79 Å². The fraction of sp³-hybridized carbons (Fsp3) is 0.278. The molecule has 0 aromatic heterocycles. The normalized spacial score (nSPS) is 10.4. The molecule has 0 aliphatic rings. The largest absolute Gasteiger partial charge is 0.298 e. The zero-order chi connectivity index (χ0) is 14.2. The van der Waals surface area contributed by atoms with Crippen LogP contribution in [-0.4, -0.2) is 6.29 Å². The lowest BCUT2D eigenvalue weighted by atomic mass is 10.0. The predicted molar refractivity (Wildman–Crippen MR) is 87.2 cm³/mol. The predicted octanol–water partition coefficient (Wildman–Crippen LogP) is 5.22. The highest BCUT2D eigenvalue weighted by molar-refractivity contribution is 9.10. The van der Waals surface area contributed by atoms with Crippen molar-refractivity contribution in [3.8, 4) is 0 Å². The molecule has 2 heteroatoms. The van der Waals surface area contributed by atoms with Gasteiger partial charge >= 0.3 is 0 Å². The van der Waals surface area contributed by atoms with E-state index in [4.69, 9.17) is 0 Å². The number of carbonyl (C=O) groups is 1. The summed E-state index contributed by atoms with van der Waals surface area (Å²) in [4.78, 5) is 10.6. The van der Waals surface area contributed by atoms with Gasteiger partial charge in [-0.1, -0.05) is 58.7 Å². The minimum Gasteiger partial charge on any atom is -0.298 e. The minimum absolute atomic E-state index is 0.753. The number of unbranched alkanes of at least 4 members (excludes halogenated alkanes) is 2. The number of carbonyl (C=O) groups excluding carboxylic acids is 1. The summed E-state index contributed by atoms with van der Waals surface area (Å²) in [5, 5.41) is 0. The van der Waals surface area contributed by atoms with Crippen LogP contribution in [-0.2, 0) is 12.8 Å². The van der Waals surface area contributed by atoms with E-state index in [0.29, 0.717) is 0 Å². The molecule has 0 aliphatic carbocycles. The maximum Gasteiger partial charge on any atom is 0.150 e. The Morgan fingerprint density at radius 2 is 1.55 bits per heavy atom. The van der Waals surface area contributed by atoms with E-state index in [-0.39, 0.29) is 0 Å². The van der Waals surface area contributed by atoms with Gasteiger partial charge in [0, 0.05) is 10.0 Å². The molecule has 0 atom stereocenters. The molecule has 0 fully saturated rings. The molecule has 20 heavy (non-hydrogen) atoms. The van der Waals surface area contributed by atoms with Gasteiger partial charge in [-0.25, -0.2) is 0 Å². The van der Waals surface area contributed by atoms with E-state index in [1.807, 2.05) is 12.1 Å². The Kier molecular flexibility index (Phi) is 6.00. The molecular weight excluding hydrogens is 312 g/mol. The maximum atomic E-state index is 10.6. The molecule has 104 valence electrons.